The summed E-state index contributed by atoms with van der Waals surface area (Å²) in [5.74, 6) is -0.690. The number of benzene rings is 1. The van der Waals surface area contributed by atoms with Crippen LogP contribution in [0, 0.1) is 6.92 Å². The highest BCUT2D eigenvalue weighted by Crippen LogP contribution is 2.26. The third-order valence-corrected chi connectivity index (χ3v) is 5.41. The number of hydrogen-bond acceptors (Lipinski definition) is 5. The molecule has 0 spiro atoms. The number of nitrogens with one attached hydrogen (secondary N) is 1. The third kappa shape index (κ3) is 3.77. The Balaban J connectivity index is 2.43. The van der Waals surface area contributed by atoms with Crippen molar-refractivity contribution in [2.75, 3.05) is 6.61 Å². The zero-order chi connectivity index (χ0) is 17.9. The van der Waals surface area contributed by atoms with Gasteiger partial charge < -0.3 is 4.74 Å². The molecule has 2 rings (SSSR count). The molecule has 1 aromatic carbocycles. The van der Waals surface area contributed by atoms with Gasteiger partial charge in [-0.25, -0.2) is 13.2 Å². The number of halogens is 1. The van der Waals surface area contributed by atoms with Crippen LogP contribution in [0.1, 0.15) is 24.2 Å². The molecule has 1 aromatic heterocycles. The second-order valence-corrected chi connectivity index (χ2v) is 7.05. The van der Waals surface area contributed by atoms with E-state index in [0.29, 0.717) is 5.56 Å². The summed E-state index contributed by atoms with van der Waals surface area (Å²) in [6.45, 7) is 3.31. The van der Waals surface area contributed by atoms with Gasteiger partial charge >= 0.3 is 5.97 Å². The monoisotopic (exact) mass is 371 g/mol. The van der Waals surface area contributed by atoms with Crippen molar-refractivity contribution in [1.29, 1.82) is 0 Å². The average molecular weight is 372 g/mol. The Labute approximate surface area is 145 Å². The Bertz CT molecular complexity index is 834. The van der Waals surface area contributed by atoms with Gasteiger partial charge in [0.15, 0.2) is 0 Å². The summed E-state index contributed by atoms with van der Waals surface area (Å²) in [7, 11) is -2.54. The van der Waals surface area contributed by atoms with E-state index in [2.05, 4.69) is 9.82 Å². The lowest BCUT2D eigenvalue weighted by Crippen LogP contribution is -2.35. The molecule has 0 amide bonds. The summed E-state index contributed by atoms with van der Waals surface area (Å²) in [5, 5.41) is 3.96. The lowest BCUT2D eigenvalue weighted by Gasteiger charge is -2.17. The first-order chi connectivity index (χ1) is 11.3. The fourth-order valence-corrected chi connectivity index (χ4v) is 4.18. The van der Waals surface area contributed by atoms with Crippen molar-refractivity contribution in [2.45, 2.75) is 24.8 Å². The Hall–Kier alpha value is -1.90. The molecule has 0 saturated carbocycles. The molecule has 0 aliphatic rings. The maximum Gasteiger partial charge on any atom is 0.328 e. The third-order valence-electron chi connectivity index (χ3n) is 3.30. The van der Waals surface area contributed by atoms with Crippen molar-refractivity contribution in [1.82, 2.24) is 14.5 Å². The van der Waals surface area contributed by atoms with Crippen LogP contribution < -0.4 is 4.72 Å². The van der Waals surface area contributed by atoms with Crippen LogP contribution >= 0.6 is 11.6 Å². The van der Waals surface area contributed by atoms with Gasteiger partial charge in [0, 0.05) is 7.05 Å². The number of carbonyl (C=O) groups is 1. The molecule has 2 aromatic rings. The summed E-state index contributed by atoms with van der Waals surface area (Å²) in [6.07, 6.45) is 0. The highest BCUT2D eigenvalue weighted by atomic mass is 35.5. The molecule has 130 valence electrons. The van der Waals surface area contributed by atoms with Gasteiger partial charge in [-0.1, -0.05) is 41.9 Å². The molecule has 0 aliphatic carbocycles. The lowest BCUT2D eigenvalue weighted by atomic mass is 10.1. The van der Waals surface area contributed by atoms with Crippen LogP contribution in [-0.4, -0.2) is 30.8 Å². The molecule has 1 atom stereocenters. The van der Waals surface area contributed by atoms with Crippen LogP contribution in [0.4, 0.5) is 0 Å². The molecule has 0 bridgehead atoms. The van der Waals surface area contributed by atoms with Crippen molar-refractivity contribution in [3.05, 3.63) is 46.7 Å². The number of aryl methyl sites for hydroxylation is 2. The van der Waals surface area contributed by atoms with E-state index in [9.17, 15) is 13.2 Å². The van der Waals surface area contributed by atoms with Crippen LogP contribution in [0.2, 0.25) is 5.15 Å². The van der Waals surface area contributed by atoms with Crippen molar-refractivity contribution in [2.24, 2.45) is 7.05 Å². The van der Waals surface area contributed by atoms with E-state index in [1.807, 2.05) is 0 Å². The van der Waals surface area contributed by atoms with Gasteiger partial charge in [0.05, 0.1) is 12.3 Å². The van der Waals surface area contributed by atoms with E-state index in [1.165, 1.54) is 18.7 Å². The number of nitrogens with zero attached hydrogens (tertiary/aromatic N) is 2. The Kier molecular flexibility index (Phi) is 5.63. The molecular weight excluding hydrogens is 354 g/mol. The molecule has 0 radical (unpaired) electrons. The van der Waals surface area contributed by atoms with Crippen LogP contribution in [0.5, 0.6) is 0 Å². The van der Waals surface area contributed by atoms with Gasteiger partial charge in [-0.3, -0.25) is 4.68 Å². The predicted octanol–water partition coefficient (Wildman–Crippen LogP) is 1.96. The van der Waals surface area contributed by atoms with E-state index in [-0.39, 0.29) is 22.3 Å². The van der Waals surface area contributed by atoms with Crippen LogP contribution in [0.25, 0.3) is 0 Å². The minimum Gasteiger partial charge on any atom is -0.465 e. The molecule has 0 aliphatic heterocycles. The van der Waals surface area contributed by atoms with Crippen molar-refractivity contribution in [3.8, 4) is 0 Å². The van der Waals surface area contributed by atoms with Gasteiger partial charge in [-0.2, -0.15) is 9.82 Å². The Morgan fingerprint density at radius 2 is 2.00 bits per heavy atom. The number of hydrogen-bond donors (Lipinski definition) is 1. The first kappa shape index (κ1) is 18.4. The quantitative estimate of drug-likeness (QED) is 0.784. The van der Waals surface area contributed by atoms with Crippen LogP contribution in [-0.2, 0) is 26.6 Å². The van der Waals surface area contributed by atoms with Crippen molar-refractivity contribution < 1.29 is 17.9 Å². The smallest absolute Gasteiger partial charge is 0.328 e. The number of rotatable bonds is 6. The summed E-state index contributed by atoms with van der Waals surface area (Å²) < 4.78 is 34.1. The summed E-state index contributed by atoms with van der Waals surface area (Å²) in [6, 6.07) is 7.29. The molecule has 7 nitrogen and oxygen atoms in total. The second kappa shape index (κ2) is 7.33. The molecule has 0 fully saturated rings. The Morgan fingerprint density at radius 3 is 2.50 bits per heavy atom. The molecule has 1 N–H and O–H groups in total. The maximum atomic E-state index is 12.7. The van der Waals surface area contributed by atoms with Crippen molar-refractivity contribution in [3.63, 3.8) is 0 Å². The molecule has 1 heterocycles. The van der Waals surface area contributed by atoms with E-state index in [1.54, 1.807) is 37.3 Å². The zero-order valence-corrected chi connectivity index (χ0v) is 15.1. The summed E-state index contributed by atoms with van der Waals surface area (Å²) in [4.78, 5) is 12.1. The first-order valence-electron chi connectivity index (χ1n) is 7.21. The van der Waals surface area contributed by atoms with Crippen LogP contribution in [0.3, 0.4) is 0 Å². The lowest BCUT2D eigenvalue weighted by molar-refractivity contribution is -0.145. The van der Waals surface area contributed by atoms with E-state index in [0.717, 1.165) is 0 Å². The summed E-state index contributed by atoms with van der Waals surface area (Å²) in [5.41, 5.74) is 0.711. The molecule has 1 unspecified atom stereocenters. The molecule has 0 saturated heterocycles. The van der Waals surface area contributed by atoms with Gasteiger partial charge in [-0.15, -0.1) is 0 Å². The van der Waals surface area contributed by atoms with Gasteiger partial charge in [0.2, 0.25) is 10.0 Å². The fourth-order valence-electron chi connectivity index (χ4n) is 2.25. The van der Waals surface area contributed by atoms with Crippen molar-refractivity contribution >= 4 is 27.6 Å². The highest BCUT2D eigenvalue weighted by Gasteiger charge is 2.32. The minimum atomic E-state index is -4.08. The normalized spacial score (nSPS) is 12.8. The van der Waals surface area contributed by atoms with E-state index < -0.39 is 22.0 Å². The maximum absolute atomic E-state index is 12.7. The number of aromatic nitrogens is 2. The molecule has 24 heavy (non-hydrogen) atoms. The van der Waals surface area contributed by atoms with Gasteiger partial charge in [-0.05, 0) is 19.4 Å². The first-order valence-corrected chi connectivity index (χ1v) is 9.07. The standard InChI is InChI=1S/C15H18ClN3O4S/c1-4-23-15(20)12(11-8-6-5-7-9-11)18-24(21,22)13-10(2)17-19(3)14(13)16/h5-9,12,18H,4H2,1-3H3. The number of carbonyl (C=O) groups excluding carboxylic acids is 1. The largest absolute Gasteiger partial charge is 0.465 e. The van der Waals surface area contributed by atoms with E-state index in [4.69, 9.17) is 16.3 Å². The number of esters is 1. The molecule has 9 heteroatoms. The zero-order valence-electron chi connectivity index (χ0n) is 13.5. The SMILES string of the molecule is CCOC(=O)C(NS(=O)(=O)c1c(C)nn(C)c1Cl)c1ccccc1. The summed E-state index contributed by atoms with van der Waals surface area (Å²) >= 11 is 6.03. The van der Waals surface area contributed by atoms with Crippen LogP contribution in [0.15, 0.2) is 35.2 Å². The van der Waals surface area contributed by atoms with Gasteiger partial charge in [0.25, 0.3) is 0 Å². The highest BCUT2D eigenvalue weighted by molar-refractivity contribution is 7.89. The topological polar surface area (TPSA) is 90.3 Å². The number of ether oxygens (including phenoxy) is 1. The molecular formula is C15H18ClN3O4S. The fraction of sp³-hybridized carbons (Fsp3) is 0.333. The second-order valence-electron chi connectivity index (χ2n) is 5.05. The van der Waals surface area contributed by atoms with Gasteiger partial charge in [0.1, 0.15) is 16.1 Å². The Morgan fingerprint density at radius 1 is 1.38 bits per heavy atom. The average Bonchev–Trinajstić information content (AvgIpc) is 2.79. The predicted molar refractivity (Wildman–Crippen MR) is 89.1 cm³/mol. The van der Waals surface area contributed by atoms with E-state index >= 15 is 0 Å². The minimum absolute atomic E-state index is 0.0318. The number of sulfonamides is 1.